The lowest BCUT2D eigenvalue weighted by Crippen LogP contribution is -2.57. The first-order chi connectivity index (χ1) is 15.1. The quantitative estimate of drug-likeness (QED) is 0.510. The van der Waals surface area contributed by atoms with Crippen molar-refractivity contribution in [3.63, 3.8) is 0 Å². The molecule has 6 rings (SSSR count). The number of rotatable bonds is 0. The summed E-state index contributed by atoms with van der Waals surface area (Å²) in [6.45, 7) is 12.0. The van der Waals surface area contributed by atoms with Gasteiger partial charge in [-0.25, -0.2) is 0 Å². The summed E-state index contributed by atoms with van der Waals surface area (Å²) in [5, 5.41) is 0. The van der Waals surface area contributed by atoms with Crippen LogP contribution >= 0.6 is 0 Å². The van der Waals surface area contributed by atoms with Gasteiger partial charge in [-0.3, -0.25) is 9.59 Å². The lowest BCUT2D eigenvalue weighted by Gasteiger charge is -2.58. The monoisotopic (exact) mass is 440 g/mol. The number of hydrogen-bond donors (Lipinski definition) is 0. The fourth-order valence-electron chi connectivity index (χ4n) is 9.79. The van der Waals surface area contributed by atoms with Gasteiger partial charge in [0.1, 0.15) is 5.78 Å². The Morgan fingerprint density at radius 2 is 1.88 bits per heavy atom. The summed E-state index contributed by atoms with van der Waals surface area (Å²) in [6, 6.07) is 0. The maximum atomic E-state index is 13.9. The minimum atomic E-state index is -0.428. The fraction of sp³-hybridized carbons (Fsp3) is 0.857. The summed E-state index contributed by atoms with van der Waals surface area (Å²) in [6.07, 6.45) is 9.09. The average Bonchev–Trinajstić information content (AvgIpc) is 3.16. The summed E-state index contributed by atoms with van der Waals surface area (Å²) < 4.78 is 13.2. The predicted molar refractivity (Wildman–Crippen MR) is 122 cm³/mol. The summed E-state index contributed by atoms with van der Waals surface area (Å²) >= 11 is 0. The maximum absolute atomic E-state index is 13.9. The number of carbonyl (C=O) groups is 2. The predicted octanol–water partition coefficient (Wildman–Crippen LogP) is 5.35. The van der Waals surface area contributed by atoms with E-state index in [2.05, 4.69) is 33.8 Å². The van der Waals surface area contributed by atoms with E-state index >= 15 is 0 Å². The van der Waals surface area contributed by atoms with Gasteiger partial charge in [-0.1, -0.05) is 33.8 Å². The van der Waals surface area contributed by atoms with Crippen LogP contribution in [-0.4, -0.2) is 30.1 Å². The van der Waals surface area contributed by atoms with Crippen LogP contribution in [-0.2, 0) is 19.1 Å². The molecule has 0 amide bonds. The molecule has 2 saturated heterocycles. The van der Waals surface area contributed by atoms with E-state index in [1.165, 1.54) is 0 Å². The molecule has 176 valence electrons. The van der Waals surface area contributed by atoms with Crippen molar-refractivity contribution in [2.24, 2.45) is 52.3 Å². The van der Waals surface area contributed by atoms with E-state index in [1.54, 1.807) is 0 Å². The molecule has 32 heavy (non-hydrogen) atoms. The van der Waals surface area contributed by atoms with E-state index in [-0.39, 0.29) is 28.6 Å². The van der Waals surface area contributed by atoms with Crippen molar-refractivity contribution in [2.45, 2.75) is 91.5 Å². The lowest BCUT2D eigenvalue weighted by atomic mass is 9.44. The number of ether oxygens (including phenoxy) is 2. The van der Waals surface area contributed by atoms with Gasteiger partial charge < -0.3 is 9.47 Å². The van der Waals surface area contributed by atoms with Crippen LogP contribution in [0.1, 0.15) is 79.6 Å². The molecule has 0 radical (unpaired) electrons. The topological polar surface area (TPSA) is 52.6 Å². The van der Waals surface area contributed by atoms with Crippen LogP contribution in [0.2, 0.25) is 0 Å². The summed E-state index contributed by atoms with van der Waals surface area (Å²) in [4.78, 5) is 26.4. The van der Waals surface area contributed by atoms with Crippen molar-refractivity contribution >= 4 is 11.6 Å². The average molecular weight is 441 g/mol. The smallest absolute Gasteiger partial charge is 0.171 e. The lowest BCUT2D eigenvalue weighted by molar-refractivity contribution is -0.272. The van der Waals surface area contributed by atoms with Gasteiger partial charge in [-0.2, -0.15) is 0 Å². The van der Waals surface area contributed by atoms with Crippen molar-refractivity contribution in [1.29, 1.82) is 0 Å². The van der Waals surface area contributed by atoms with Gasteiger partial charge in [0.05, 0.1) is 12.7 Å². The van der Waals surface area contributed by atoms with Gasteiger partial charge in [-0.05, 0) is 78.6 Å². The van der Waals surface area contributed by atoms with E-state index in [0.29, 0.717) is 54.1 Å². The summed E-state index contributed by atoms with van der Waals surface area (Å²) in [7, 11) is 0. The number of hydrogen-bond acceptors (Lipinski definition) is 4. The molecule has 6 aliphatic rings. The summed E-state index contributed by atoms with van der Waals surface area (Å²) in [5.74, 6) is 2.99. The second-order valence-electron chi connectivity index (χ2n) is 13.0. The van der Waals surface area contributed by atoms with E-state index in [9.17, 15) is 9.59 Å². The molecular weight excluding hydrogens is 400 g/mol. The van der Waals surface area contributed by atoms with Gasteiger partial charge in [0, 0.05) is 31.1 Å². The first-order valence-electron chi connectivity index (χ1n) is 13.2. The third-order valence-electron chi connectivity index (χ3n) is 11.3. The van der Waals surface area contributed by atoms with Crippen molar-refractivity contribution in [1.82, 2.24) is 0 Å². The second kappa shape index (κ2) is 6.78. The molecule has 0 N–H and O–H groups in total. The SMILES string of the molecule is CC1=C[C@@]2(C)[C@@H](CC[C@@H]3[C@@H]2C(=O)C[C@]2(C)[C@@H]4[C@H](C[C@@H]32)O[C@]2(CC[C@@H](C)CO2)[C@H]4C)CC1=O. The second-order valence-corrected chi connectivity index (χ2v) is 13.0. The molecule has 4 heteroatoms. The Labute approximate surface area is 192 Å². The first kappa shape index (κ1) is 21.5. The van der Waals surface area contributed by atoms with Crippen molar-refractivity contribution in [2.75, 3.05) is 6.61 Å². The molecule has 3 saturated carbocycles. The Morgan fingerprint density at radius 1 is 1.09 bits per heavy atom. The van der Waals surface area contributed by atoms with Crippen LogP contribution in [0.15, 0.2) is 11.6 Å². The third-order valence-corrected chi connectivity index (χ3v) is 11.3. The molecular formula is C28H40O4. The van der Waals surface area contributed by atoms with Crippen molar-refractivity contribution in [3.8, 4) is 0 Å². The summed E-state index contributed by atoms with van der Waals surface area (Å²) in [5.41, 5.74) is 0.717. The van der Waals surface area contributed by atoms with Gasteiger partial charge >= 0.3 is 0 Å². The molecule has 2 aliphatic heterocycles. The van der Waals surface area contributed by atoms with Crippen LogP contribution in [0.3, 0.4) is 0 Å². The Kier molecular flexibility index (Phi) is 4.56. The molecule has 2 heterocycles. The normalized spacial score (nSPS) is 57.0. The van der Waals surface area contributed by atoms with E-state index < -0.39 is 5.79 Å². The Bertz CT molecular complexity index is 882. The van der Waals surface area contributed by atoms with E-state index in [1.807, 2.05) is 6.92 Å². The number of ketones is 2. The van der Waals surface area contributed by atoms with Crippen molar-refractivity contribution in [3.05, 3.63) is 11.6 Å². The Balaban J connectivity index is 1.33. The zero-order valence-corrected chi connectivity index (χ0v) is 20.5. The minimum absolute atomic E-state index is 0.00466. The Morgan fingerprint density at radius 3 is 2.59 bits per heavy atom. The molecule has 4 aliphatic carbocycles. The van der Waals surface area contributed by atoms with Crippen LogP contribution in [0.5, 0.6) is 0 Å². The van der Waals surface area contributed by atoms with Crippen LogP contribution in [0, 0.1) is 52.3 Å². The Hall–Kier alpha value is -1.00. The third kappa shape index (κ3) is 2.63. The molecule has 0 aromatic rings. The van der Waals surface area contributed by atoms with Crippen LogP contribution in [0.25, 0.3) is 0 Å². The van der Waals surface area contributed by atoms with E-state index in [4.69, 9.17) is 9.47 Å². The van der Waals surface area contributed by atoms with Gasteiger partial charge in [0.25, 0.3) is 0 Å². The maximum Gasteiger partial charge on any atom is 0.171 e. The molecule has 0 aromatic heterocycles. The number of Topliss-reactive ketones (excluding diaryl/α,β-unsaturated/α-hetero) is 2. The molecule has 0 aromatic carbocycles. The van der Waals surface area contributed by atoms with E-state index in [0.717, 1.165) is 44.3 Å². The molecule has 1 spiro atoms. The largest absolute Gasteiger partial charge is 0.349 e. The number of fused-ring (bicyclic) bond motifs is 7. The molecule has 0 bridgehead atoms. The molecule has 11 atom stereocenters. The number of allylic oxidation sites excluding steroid dienone is 2. The molecule has 0 unspecified atom stereocenters. The van der Waals surface area contributed by atoms with Gasteiger partial charge in [0.2, 0.25) is 0 Å². The highest BCUT2D eigenvalue weighted by Crippen LogP contribution is 2.70. The highest BCUT2D eigenvalue weighted by molar-refractivity contribution is 5.96. The van der Waals surface area contributed by atoms with Crippen LogP contribution in [0.4, 0.5) is 0 Å². The minimum Gasteiger partial charge on any atom is -0.349 e. The van der Waals surface area contributed by atoms with Gasteiger partial charge in [-0.15, -0.1) is 0 Å². The standard InChI is InChI=1S/C28H40O4/c1-15-8-9-28(31-14-15)17(3)24-23(32-28)11-20-19-7-6-18-10-21(29)16(2)12-26(18,4)25(19)22(30)13-27(20,24)5/h12,15,17-20,23-25H,6-11,13-14H2,1-5H3/t15-,17+,18+,19+,20+,23+,24+,25-,26+,27+,28-/m1/s1. The highest BCUT2D eigenvalue weighted by atomic mass is 16.7. The highest BCUT2D eigenvalue weighted by Gasteiger charge is 2.70. The number of carbonyl (C=O) groups excluding carboxylic acids is 2. The van der Waals surface area contributed by atoms with Crippen molar-refractivity contribution < 1.29 is 19.1 Å². The zero-order chi connectivity index (χ0) is 22.6. The van der Waals surface area contributed by atoms with Crippen LogP contribution < -0.4 is 0 Å². The zero-order valence-electron chi connectivity index (χ0n) is 20.5. The first-order valence-corrected chi connectivity index (χ1v) is 13.2. The van der Waals surface area contributed by atoms with Gasteiger partial charge in [0.15, 0.2) is 11.6 Å². The fourth-order valence-corrected chi connectivity index (χ4v) is 9.79. The molecule has 5 fully saturated rings. The molecule has 4 nitrogen and oxygen atoms in total.